The first-order chi connectivity index (χ1) is 10.0. The van der Waals surface area contributed by atoms with Crippen LogP contribution in [0.4, 0.5) is 10.5 Å². The molecule has 0 saturated heterocycles. The van der Waals surface area contributed by atoms with Crippen molar-refractivity contribution in [3.8, 4) is 0 Å². The van der Waals surface area contributed by atoms with Gasteiger partial charge in [-0.25, -0.2) is 4.79 Å². The van der Waals surface area contributed by atoms with Crippen LogP contribution < -0.4 is 10.6 Å². The van der Waals surface area contributed by atoms with E-state index in [0.29, 0.717) is 19.8 Å². The number of ether oxygens (including phenoxy) is 2. The van der Waals surface area contributed by atoms with E-state index in [9.17, 15) is 4.79 Å². The molecule has 0 aromatic heterocycles. The van der Waals surface area contributed by atoms with Crippen molar-refractivity contribution >= 4 is 45.0 Å². The van der Waals surface area contributed by atoms with Gasteiger partial charge < -0.3 is 14.8 Å². The Kier molecular flexibility index (Phi) is 5.55. The first-order valence-electron chi connectivity index (χ1n) is 6.66. The second-order valence-electron chi connectivity index (χ2n) is 4.60. The zero-order valence-corrected chi connectivity index (χ0v) is 14.3. The summed E-state index contributed by atoms with van der Waals surface area (Å²) in [6, 6.07) is 2.05. The van der Waals surface area contributed by atoms with E-state index in [0.717, 1.165) is 22.1 Å². The number of amides is 1. The highest BCUT2D eigenvalue weighted by Crippen LogP contribution is 2.33. The fraction of sp³-hybridized carbons (Fsp3) is 0.429. The molecule has 0 radical (unpaired) electrons. The van der Waals surface area contributed by atoms with Gasteiger partial charge in [0, 0.05) is 10.2 Å². The van der Waals surface area contributed by atoms with Crippen LogP contribution in [0.3, 0.4) is 0 Å². The first-order valence-corrected chi connectivity index (χ1v) is 7.86. The number of carbonyl (C=O) groups is 1. The Morgan fingerprint density at radius 1 is 1.57 bits per heavy atom. The van der Waals surface area contributed by atoms with Crippen molar-refractivity contribution in [3.05, 3.63) is 27.2 Å². The molecule has 1 amide bonds. The molecule has 1 aromatic rings. The molecule has 2 N–H and O–H groups in total. The monoisotopic (exact) mass is 372 g/mol. The maximum Gasteiger partial charge on any atom is 0.413 e. The molecule has 7 heteroatoms. The second kappa shape index (κ2) is 7.20. The summed E-state index contributed by atoms with van der Waals surface area (Å²) in [6.07, 6.45) is 0.305. The Morgan fingerprint density at radius 3 is 3.05 bits per heavy atom. The highest BCUT2D eigenvalue weighted by atomic mass is 79.9. The zero-order valence-electron chi connectivity index (χ0n) is 11.9. The van der Waals surface area contributed by atoms with Crippen LogP contribution >= 0.6 is 28.1 Å². The summed E-state index contributed by atoms with van der Waals surface area (Å²) in [5.74, 6) is 0. The van der Waals surface area contributed by atoms with Crippen molar-refractivity contribution in [2.45, 2.75) is 26.9 Å². The Labute approximate surface area is 137 Å². The summed E-state index contributed by atoms with van der Waals surface area (Å²) < 4.78 is 11.3. The van der Waals surface area contributed by atoms with Crippen LogP contribution in [0.1, 0.15) is 23.6 Å². The number of benzene rings is 1. The number of thiocarbonyl (C=S) groups is 1. The first kappa shape index (κ1) is 16.2. The fourth-order valence-electron chi connectivity index (χ4n) is 2.13. The number of hydrogen-bond acceptors (Lipinski definition) is 4. The molecule has 0 spiro atoms. The van der Waals surface area contributed by atoms with Gasteiger partial charge in [0.1, 0.15) is 0 Å². The summed E-state index contributed by atoms with van der Waals surface area (Å²) in [5.41, 5.74) is 4.28. The van der Waals surface area contributed by atoms with E-state index in [2.05, 4.69) is 32.6 Å². The van der Waals surface area contributed by atoms with Gasteiger partial charge in [-0.15, -0.1) is 0 Å². The molecule has 0 fully saturated rings. The van der Waals surface area contributed by atoms with E-state index < -0.39 is 6.09 Å². The summed E-state index contributed by atoms with van der Waals surface area (Å²) in [7, 11) is 0. The average molecular weight is 373 g/mol. The normalized spacial score (nSPS) is 13.3. The maximum atomic E-state index is 11.3. The van der Waals surface area contributed by atoms with Crippen molar-refractivity contribution in [1.82, 2.24) is 5.32 Å². The highest BCUT2D eigenvalue weighted by molar-refractivity contribution is 9.10. The van der Waals surface area contributed by atoms with Gasteiger partial charge in [0.05, 0.1) is 19.8 Å². The molecule has 0 saturated carbocycles. The molecule has 114 valence electrons. The third-order valence-electron chi connectivity index (χ3n) is 3.21. The molecule has 1 aliphatic rings. The summed E-state index contributed by atoms with van der Waals surface area (Å²) >= 11 is 8.73. The quantitative estimate of drug-likeness (QED) is 0.780. The van der Waals surface area contributed by atoms with E-state index in [1.807, 2.05) is 6.92 Å². The molecule has 0 atom stereocenters. The lowest BCUT2D eigenvalue weighted by Gasteiger charge is -2.22. The summed E-state index contributed by atoms with van der Waals surface area (Å²) in [6.45, 7) is 5.35. The van der Waals surface area contributed by atoms with Crippen LogP contribution in [0.5, 0.6) is 0 Å². The number of carbonyl (C=O) groups excluding carboxylic acids is 1. The minimum absolute atomic E-state index is 0.218. The third-order valence-corrected chi connectivity index (χ3v) is 4.48. The van der Waals surface area contributed by atoms with Crippen molar-refractivity contribution in [2.24, 2.45) is 0 Å². The van der Waals surface area contributed by atoms with E-state index in [4.69, 9.17) is 21.7 Å². The lowest BCUT2D eigenvalue weighted by molar-refractivity contribution is 0.110. The van der Waals surface area contributed by atoms with E-state index in [1.165, 1.54) is 11.1 Å². The maximum absolute atomic E-state index is 11.3. The van der Waals surface area contributed by atoms with E-state index >= 15 is 0 Å². The molecule has 0 unspecified atom stereocenters. The summed E-state index contributed by atoms with van der Waals surface area (Å²) in [5, 5.41) is 5.73. The van der Waals surface area contributed by atoms with Gasteiger partial charge in [0.15, 0.2) is 5.11 Å². The molecule has 1 heterocycles. The average Bonchev–Trinajstić information content (AvgIpc) is 2.44. The number of alkyl carbamates (subject to hydrolysis) is 1. The Bertz CT molecular complexity index is 578. The minimum Gasteiger partial charge on any atom is -0.450 e. The van der Waals surface area contributed by atoms with Gasteiger partial charge in [-0.05, 0) is 55.2 Å². The molecule has 1 aliphatic heterocycles. The molecule has 0 aliphatic carbocycles. The fourth-order valence-corrected chi connectivity index (χ4v) is 2.91. The number of nitrogens with one attached hydrogen (secondary N) is 2. The largest absolute Gasteiger partial charge is 0.450 e. The van der Waals surface area contributed by atoms with Crippen molar-refractivity contribution in [3.63, 3.8) is 0 Å². The zero-order chi connectivity index (χ0) is 15.4. The molecule has 5 nitrogen and oxygen atoms in total. The number of fused-ring (bicyclic) bond motifs is 1. The van der Waals surface area contributed by atoms with Crippen molar-refractivity contribution < 1.29 is 14.3 Å². The molecule has 21 heavy (non-hydrogen) atoms. The lowest BCUT2D eigenvalue weighted by atomic mass is 9.99. The number of rotatable bonds is 2. The van der Waals surface area contributed by atoms with Gasteiger partial charge >= 0.3 is 6.09 Å². The molecule has 0 bridgehead atoms. The predicted octanol–water partition coefficient (Wildman–Crippen LogP) is 3.27. The summed E-state index contributed by atoms with van der Waals surface area (Å²) in [4.78, 5) is 11.3. The number of halogens is 1. The molecular formula is C14H17BrN2O3S. The van der Waals surface area contributed by atoms with Gasteiger partial charge in [-0.3, -0.25) is 5.32 Å². The predicted molar refractivity (Wildman–Crippen MR) is 88.6 cm³/mol. The van der Waals surface area contributed by atoms with Crippen LogP contribution in [0.15, 0.2) is 10.5 Å². The smallest absolute Gasteiger partial charge is 0.413 e. The molecule has 2 rings (SSSR count). The molecular weight excluding hydrogens is 356 g/mol. The minimum atomic E-state index is -0.557. The van der Waals surface area contributed by atoms with Crippen LogP contribution in [-0.4, -0.2) is 24.4 Å². The van der Waals surface area contributed by atoms with Crippen molar-refractivity contribution in [1.29, 1.82) is 0 Å². The van der Waals surface area contributed by atoms with Crippen molar-refractivity contribution in [2.75, 3.05) is 18.5 Å². The van der Waals surface area contributed by atoms with Gasteiger partial charge in [0.2, 0.25) is 0 Å². The number of hydrogen-bond donors (Lipinski definition) is 2. The van der Waals surface area contributed by atoms with Crippen LogP contribution in [0.2, 0.25) is 0 Å². The SMILES string of the molecule is CCOC(=O)NC(=S)Nc1cc2c(c(Br)c1C)COCC2. The van der Waals surface area contributed by atoms with E-state index in [-0.39, 0.29) is 5.11 Å². The number of anilines is 1. The Hall–Kier alpha value is -1.18. The van der Waals surface area contributed by atoms with Crippen LogP contribution in [-0.2, 0) is 22.5 Å². The van der Waals surface area contributed by atoms with Crippen LogP contribution in [0, 0.1) is 6.92 Å². The molecule has 1 aromatic carbocycles. The highest BCUT2D eigenvalue weighted by Gasteiger charge is 2.18. The van der Waals surface area contributed by atoms with Gasteiger partial charge in [0.25, 0.3) is 0 Å². The topological polar surface area (TPSA) is 59.6 Å². The van der Waals surface area contributed by atoms with Gasteiger partial charge in [-0.2, -0.15) is 0 Å². The second-order valence-corrected chi connectivity index (χ2v) is 5.80. The third kappa shape index (κ3) is 3.93. The standard InChI is InChI=1S/C14H17BrN2O3S/c1-3-20-14(18)17-13(21)16-11-6-9-4-5-19-7-10(9)12(15)8(11)2/h6H,3-5,7H2,1-2H3,(H2,16,17,18,21). The van der Waals surface area contributed by atoms with Gasteiger partial charge in [-0.1, -0.05) is 15.9 Å². The van der Waals surface area contributed by atoms with Crippen LogP contribution in [0.25, 0.3) is 0 Å². The van der Waals surface area contributed by atoms with E-state index in [1.54, 1.807) is 6.92 Å². The Balaban J connectivity index is 2.15. The lowest BCUT2D eigenvalue weighted by Crippen LogP contribution is -2.34. The Morgan fingerprint density at radius 2 is 2.33 bits per heavy atom.